The van der Waals surface area contributed by atoms with Crippen molar-refractivity contribution in [3.8, 4) is 0 Å². The van der Waals surface area contributed by atoms with Crippen LogP contribution in [0.25, 0.3) is 0 Å². The summed E-state index contributed by atoms with van der Waals surface area (Å²) < 4.78 is 42.4. The van der Waals surface area contributed by atoms with Crippen LogP contribution in [-0.2, 0) is 10.9 Å². The smallest absolute Gasteiger partial charge is 0.416 e. The molecule has 1 aromatic carbocycles. The third-order valence-electron chi connectivity index (χ3n) is 2.70. The van der Waals surface area contributed by atoms with E-state index >= 15 is 0 Å². The maximum atomic E-state index is 12.5. The molecule has 0 aliphatic rings. The first kappa shape index (κ1) is 17.6. The van der Waals surface area contributed by atoms with Crippen molar-refractivity contribution in [1.29, 1.82) is 0 Å². The summed E-state index contributed by atoms with van der Waals surface area (Å²) in [5.41, 5.74) is -0.765. The fraction of sp³-hybridized carbons (Fsp3) is 0.500. The number of amides is 1. The van der Waals surface area contributed by atoms with Crippen molar-refractivity contribution in [1.82, 2.24) is 0 Å². The minimum Gasteiger partial charge on any atom is -0.449 e. The summed E-state index contributed by atoms with van der Waals surface area (Å²) in [4.78, 5) is 11.4. The van der Waals surface area contributed by atoms with E-state index in [1.165, 1.54) is 12.1 Å². The highest BCUT2D eigenvalue weighted by molar-refractivity contribution is 6.17. The molecule has 0 saturated carbocycles. The van der Waals surface area contributed by atoms with Crippen LogP contribution in [0.5, 0.6) is 0 Å². The van der Waals surface area contributed by atoms with Gasteiger partial charge in [0.25, 0.3) is 0 Å². The molecule has 1 N–H and O–H groups in total. The molecule has 0 aliphatic carbocycles. The Kier molecular flexibility index (Phi) is 7.36. The van der Waals surface area contributed by atoms with Gasteiger partial charge in [0.2, 0.25) is 0 Å². The topological polar surface area (TPSA) is 38.3 Å². The number of nitrogens with one attached hydrogen (secondary N) is 1. The Labute approximate surface area is 126 Å². The van der Waals surface area contributed by atoms with Crippen LogP contribution < -0.4 is 5.32 Å². The van der Waals surface area contributed by atoms with E-state index in [0.717, 1.165) is 31.4 Å². The predicted octanol–water partition coefficient (Wildman–Crippen LogP) is 5.05. The van der Waals surface area contributed by atoms with E-state index in [1.807, 2.05) is 0 Å². The zero-order valence-electron chi connectivity index (χ0n) is 11.4. The highest BCUT2D eigenvalue weighted by Gasteiger charge is 2.30. The zero-order chi connectivity index (χ0) is 15.7. The lowest BCUT2D eigenvalue weighted by atomic mass is 10.2. The lowest BCUT2D eigenvalue weighted by Crippen LogP contribution is -2.15. The van der Waals surface area contributed by atoms with Crippen molar-refractivity contribution in [3.05, 3.63) is 29.8 Å². The molecule has 118 valence electrons. The molecular weight excluding hydrogens is 307 g/mol. The van der Waals surface area contributed by atoms with Gasteiger partial charge in [-0.05, 0) is 31.0 Å². The van der Waals surface area contributed by atoms with Gasteiger partial charge < -0.3 is 4.74 Å². The van der Waals surface area contributed by atoms with Gasteiger partial charge in [0, 0.05) is 11.6 Å². The summed E-state index contributed by atoms with van der Waals surface area (Å²) in [5.74, 6) is 0.608. The lowest BCUT2D eigenvalue weighted by molar-refractivity contribution is -0.137. The Morgan fingerprint density at radius 1 is 1.19 bits per heavy atom. The molecule has 0 fully saturated rings. The number of hydrogen-bond donors (Lipinski definition) is 1. The van der Waals surface area contributed by atoms with Gasteiger partial charge in [0.05, 0.1) is 12.2 Å². The summed E-state index contributed by atoms with van der Waals surface area (Å²) in [6.45, 7) is 0.229. The Balaban J connectivity index is 2.35. The summed E-state index contributed by atoms with van der Waals surface area (Å²) in [5, 5.41) is 2.27. The number of ether oxygens (including phenoxy) is 1. The van der Waals surface area contributed by atoms with Crippen molar-refractivity contribution in [2.24, 2.45) is 0 Å². The highest BCUT2D eigenvalue weighted by Crippen LogP contribution is 2.30. The maximum absolute atomic E-state index is 12.5. The first-order valence-corrected chi connectivity index (χ1v) is 7.14. The Bertz CT molecular complexity index is 452. The van der Waals surface area contributed by atoms with Crippen molar-refractivity contribution in [3.63, 3.8) is 0 Å². The monoisotopic (exact) mass is 323 g/mol. The molecule has 0 radical (unpaired) electrons. The van der Waals surface area contributed by atoms with E-state index in [-0.39, 0.29) is 12.3 Å². The quantitative estimate of drug-likeness (QED) is 0.563. The van der Waals surface area contributed by atoms with E-state index < -0.39 is 17.8 Å². The van der Waals surface area contributed by atoms with E-state index in [1.54, 1.807) is 0 Å². The first-order valence-electron chi connectivity index (χ1n) is 6.60. The fourth-order valence-electron chi connectivity index (χ4n) is 1.64. The van der Waals surface area contributed by atoms with Gasteiger partial charge in [-0.2, -0.15) is 13.2 Å². The van der Waals surface area contributed by atoms with E-state index in [9.17, 15) is 18.0 Å². The molecule has 3 nitrogen and oxygen atoms in total. The average Bonchev–Trinajstić information content (AvgIpc) is 2.42. The second kappa shape index (κ2) is 8.77. The van der Waals surface area contributed by atoms with Gasteiger partial charge in [0.1, 0.15) is 0 Å². The number of anilines is 1. The van der Waals surface area contributed by atoms with Crippen LogP contribution in [0, 0.1) is 0 Å². The number of alkyl halides is 4. The van der Waals surface area contributed by atoms with Crippen molar-refractivity contribution < 1.29 is 22.7 Å². The molecule has 0 aromatic heterocycles. The van der Waals surface area contributed by atoms with Crippen LogP contribution >= 0.6 is 11.6 Å². The number of rotatable bonds is 7. The lowest BCUT2D eigenvalue weighted by Gasteiger charge is -2.10. The van der Waals surface area contributed by atoms with Crippen molar-refractivity contribution in [2.45, 2.75) is 31.9 Å². The Morgan fingerprint density at radius 3 is 2.57 bits per heavy atom. The molecular formula is C14H17ClF3NO2. The summed E-state index contributed by atoms with van der Waals surface area (Å²) >= 11 is 5.52. The minimum atomic E-state index is -4.44. The molecule has 0 heterocycles. The molecule has 1 amide bonds. The number of unbranched alkanes of at least 4 members (excludes halogenated alkanes) is 3. The van der Waals surface area contributed by atoms with Crippen LogP contribution in [-0.4, -0.2) is 18.6 Å². The average molecular weight is 324 g/mol. The third kappa shape index (κ3) is 7.22. The fourth-order valence-corrected chi connectivity index (χ4v) is 1.83. The minimum absolute atomic E-state index is 0.0527. The molecule has 0 atom stereocenters. The Morgan fingerprint density at radius 2 is 1.90 bits per heavy atom. The third-order valence-corrected chi connectivity index (χ3v) is 2.96. The molecule has 0 bridgehead atoms. The second-order valence-corrected chi connectivity index (χ2v) is 4.82. The van der Waals surface area contributed by atoms with Crippen LogP contribution in [0.2, 0.25) is 0 Å². The van der Waals surface area contributed by atoms with Crippen LogP contribution in [0.4, 0.5) is 23.7 Å². The largest absolute Gasteiger partial charge is 0.449 e. The standard InChI is InChI=1S/C14H17ClF3NO2/c15-8-3-1-2-4-9-21-13(20)19-12-7-5-6-11(10-12)14(16,17)18/h5-7,10H,1-4,8-9H2,(H,19,20). The number of benzene rings is 1. The van der Waals surface area contributed by atoms with E-state index in [0.29, 0.717) is 12.3 Å². The van der Waals surface area contributed by atoms with Crippen molar-refractivity contribution in [2.75, 3.05) is 17.8 Å². The van der Waals surface area contributed by atoms with Crippen LogP contribution in [0.15, 0.2) is 24.3 Å². The van der Waals surface area contributed by atoms with Crippen molar-refractivity contribution >= 4 is 23.4 Å². The summed E-state index contributed by atoms with van der Waals surface area (Å²) in [6.07, 6.45) is -1.73. The maximum Gasteiger partial charge on any atom is 0.416 e. The van der Waals surface area contributed by atoms with E-state index in [2.05, 4.69) is 5.32 Å². The highest BCUT2D eigenvalue weighted by atomic mass is 35.5. The Hall–Kier alpha value is -1.43. The molecule has 0 saturated heterocycles. The number of hydrogen-bond acceptors (Lipinski definition) is 2. The number of carbonyl (C=O) groups excluding carboxylic acids is 1. The molecule has 0 aliphatic heterocycles. The van der Waals surface area contributed by atoms with E-state index in [4.69, 9.17) is 16.3 Å². The van der Waals surface area contributed by atoms with Gasteiger partial charge in [0.15, 0.2) is 0 Å². The molecule has 21 heavy (non-hydrogen) atoms. The van der Waals surface area contributed by atoms with Crippen LogP contribution in [0.1, 0.15) is 31.2 Å². The normalized spacial score (nSPS) is 11.2. The summed E-state index contributed by atoms with van der Waals surface area (Å²) in [6, 6.07) is 4.40. The molecule has 1 rings (SSSR count). The number of carbonyl (C=O) groups is 1. The van der Waals surface area contributed by atoms with Gasteiger partial charge >= 0.3 is 12.3 Å². The van der Waals surface area contributed by atoms with Crippen LogP contribution in [0.3, 0.4) is 0 Å². The molecule has 7 heteroatoms. The SMILES string of the molecule is O=C(Nc1cccc(C(F)(F)F)c1)OCCCCCCCl. The van der Waals surface area contributed by atoms with Gasteiger partial charge in [-0.25, -0.2) is 4.79 Å². The zero-order valence-corrected chi connectivity index (χ0v) is 12.1. The first-order chi connectivity index (χ1) is 9.93. The second-order valence-electron chi connectivity index (χ2n) is 4.44. The summed E-state index contributed by atoms with van der Waals surface area (Å²) in [7, 11) is 0. The molecule has 0 unspecified atom stereocenters. The molecule has 0 spiro atoms. The van der Waals surface area contributed by atoms with Gasteiger partial charge in [-0.3, -0.25) is 5.32 Å². The predicted molar refractivity (Wildman–Crippen MR) is 75.6 cm³/mol. The molecule has 1 aromatic rings. The number of halogens is 4. The van der Waals surface area contributed by atoms with Gasteiger partial charge in [-0.15, -0.1) is 11.6 Å². The van der Waals surface area contributed by atoms with Gasteiger partial charge in [-0.1, -0.05) is 18.9 Å².